The third-order valence-electron chi connectivity index (χ3n) is 1.94. The summed E-state index contributed by atoms with van der Waals surface area (Å²) in [6.45, 7) is 1.86. The Balaban J connectivity index is 2.25. The van der Waals surface area contributed by atoms with Crippen LogP contribution in [0.25, 0.3) is 0 Å². The third kappa shape index (κ3) is 2.78. The molecule has 1 N–H and O–H groups in total. The van der Waals surface area contributed by atoms with E-state index in [9.17, 15) is 0 Å². The highest BCUT2D eigenvalue weighted by Crippen LogP contribution is 2.21. The van der Waals surface area contributed by atoms with Crippen LogP contribution in [0.4, 0.5) is 0 Å². The topological polar surface area (TPSA) is 20.2 Å². The van der Waals surface area contributed by atoms with Gasteiger partial charge in [0.1, 0.15) is 0 Å². The molecule has 1 unspecified atom stereocenters. The molecule has 0 aliphatic heterocycles. The lowest BCUT2D eigenvalue weighted by Crippen LogP contribution is -1.93. The Morgan fingerprint density at radius 3 is 3.09 bits per heavy atom. The van der Waals surface area contributed by atoms with Gasteiger partial charge in [0.15, 0.2) is 0 Å². The maximum Gasteiger partial charge on any atom is 0.0726 e. The number of hydrogen-bond donors (Lipinski definition) is 1. The van der Waals surface area contributed by atoms with E-state index in [1.807, 2.05) is 13.0 Å². The first kappa shape index (κ1) is 8.36. The molecule has 1 heteroatoms. The Labute approximate surface area is 68.1 Å². The van der Waals surface area contributed by atoms with E-state index in [0.29, 0.717) is 0 Å². The second-order valence-corrected chi connectivity index (χ2v) is 2.86. The molecule has 60 valence electrons. The van der Waals surface area contributed by atoms with Gasteiger partial charge in [0.2, 0.25) is 0 Å². The number of hydrogen-bond acceptors (Lipinski definition) is 1. The molecule has 1 rings (SSSR count). The predicted octanol–water partition coefficient (Wildman–Crippen LogP) is 1.87. The molecule has 0 aromatic heterocycles. The van der Waals surface area contributed by atoms with Crippen LogP contribution >= 0.6 is 0 Å². The van der Waals surface area contributed by atoms with Crippen LogP contribution < -0.4 is 0 Å². The predicted molar refractivity (Wildman–Crippen MR) is 46.0 cm³/mol. The SMILES string of the molecule is CC#CCCC1=CC(O)CC1. The molecule has 1 atom stereocenters. The Morgan fingerprint density at radius 2 is 2.55 bits per heavy atom. The maximum absolute atomic E-state index is 9.14. The summed E-state index contributed by atoms with van der Waals surface area (Å²) < 4.78 is 0. The summed E-state index contributed by atoms with van der Waals surface area (Å²) in [7, 11) is 0. The zero-order chi connectivity index (χ0) is 8.10. The van der Waals surface area contributed by atoms with Gasteiger partial charge in [-0.15, -0.1) is 11.8 Å². The van der Waals surface area contributed by atoms with Crippen molar-refractivity contribution >= 4 is 0 Å². The van der Waals surface area contributed by atoms with Crippen molar-refractivity contribution in [1.82, 2.24) is 0 Å². The van der Waals surface area contributed by atoms with Crippen LogP contribution in [0.3, 0.4) is 0 Å². The van der Waals surface area contributed by atoms with Crippen LogP contribution in [0.15, 0.2) is 11.6 Å². The summed E-state index contributed by atoms with van der Waals surface area (Å²) in [6, 6.07) is 0. The number of aliphatic hydroxyl groups is 1. The summed E-state index contributed by atoms with van der Waals surface area (Å²) in [4.78, 5) is 0. The van der Waals surface area contributed by atoms with Gasteiger partial charge in [-0.05, 0) is 26.2 Å². The highest BCUT2D eigenvalue weighted by atomic mass is 16.3. The number of allylic oxidation sites excluding steroid dienone is 1. The minimum atomic E-state index is -0.181. The molecule has 0 saturated carbocycles. The molecule has 0 fully saturated rings. The van der Waals surface area contributed by atoms with Gasteiger partial charge in [-0.3, -0.25) is 0 Å². The van der Waals surface area contributed by atoms with Crippen molar-refractivity contribution in [3.63, 3.8) is 0 Å². The lowest BCUT2D eigenvalue weighted by atomic mass is 10.1. The van der Waals surface area contributed by atoms with E-state index >= 15 is 0 Å². The highest BCUT2D eigenvalue weighted by molar-refractivity contribution is 5.13. The first-order chi connectivity index (χ1) is 5.33. The van der Waals surface area contributed by atoms with Gasteiger partial charge in [0.05, 0.1) is 6.10 Å². The molecule has 11 heavy (non-hydrogen) atoms. The monoisotopic (exact) mass is 150 g/mol. The van der Waals surface area contributed by atoms with Crippen LogP contribution in [0.2, 0.25) is 0 Å². The average Bonchev–Trinajstić information content (AvgIpc) is 2.37. The second kappa shape index (κ2) is 4.20. The fourth-order valence-electron chi connectivity index (χ4n) is 1.33. The van der Waals surface area contributed by atoms with E-state index in [-0.39, 0.29) is 6.10 Å². The molecule has 0 radical (unpaired) electrons. The molecule has 1 nitrogen and oxygen atoms in total. The molecule has 0 amide bonds. The van der Waals surface area contributed by atoms with Crippen molar-refractivity contribution < 1.29 is 5.11 Å². The van der Waals surface area contributed by atoms with E-state index < -0.39 is 0 Å². The van der Waals surface area contributed by atoms with Crippen LogP contribution in [0.5, 0.6) is 0 Å². The van der Waals surface area contributed by atoms with Gasteiger partial charge >= 0.3 is 0 Å². The molecule has 0 aromatic rings. The maximum atomic E-state index is 9.14. The first-order valence-electron chi connectivity index (χ1n) is 4.10. The smallest absolute Gasteiger partial charge is 0.0726 e. The Morgan fingerprint density at radius 1 is 1.73 bits per heavy atom. The summed E-state index contributed by atoms with van der Waals surface area (Å²) in [5, 5.41) is 9.14. The Kier molecular flexibility index (Phi) is 3.19. The van der Waals surface area contributed by atoms with Crippen molar-refractivity contribution in [2.75, 3.05) is 0 Å². The van der Waals surface area contributed by atoms with E-state index in [0.717, 1.165) is 25.7 Å². The lowest BCUT2D eigenvalue weighted by Gasteiger charge is -1.93. The van der Waals surface area contributed by atoms with Crippen LogP contribution in [0.1, 0.15) is 32.6 Å². The molecular weight excluding hydrogens is 136 g/mol. The van der Waals surface area contributed by atoms with Gasteiger partial charge < -0.3 is 5.11 Å². The summed E-state index contributed by atoms with van der Waals surface area (Å²) in [6.07, 6.45) is 5.74. The van der Waals surface area contributed by atoms with Crippen molar-refractivity contribution in [1.29, 1.82) is 0 Å². The van der Waals surface area contributed by atoms with Gasteiger partial charge in [-0.1, -0.05) is 11.6 Å². The summed E-state index contributed by atoms with van der Waals surface area (Å²) in [5.74, 6) is 5.88. The Bertz CT molecular complexity index is 205. The van der Waals surface area contributed by atoms with Gasteiger partial charge in [0.25, 0.3) is 0 Å². The zero-order valence-corrected chi connectivity index (χ0v) is 6.93. The first-order valence-corrected chi connectivity index (χ1v) is 4.10. The molecule has 0 heterocycles. The normalized spacial score (nSPS) is 22.4. The fourth-order valence-corrected chi connectivity index (χ4v) is 1.33. The van der Waals surface area contributed by atoms with Gasteiger partial charge in [0, 0.05) is 6.42 Å². The van der Waals surface area contributed by atoms with Crippen molar-refractivity contribution in [3.05, 3.63) is 11.6 Å². The minimum absolute atomic E-state index is 0.181. The quantitative estimate of drug-likeness (QED) is 0.470. The molecule has 0 spiro atoms. The van der Waals surface area contributed by atoms with Crippen LogP contribution in [-0.2, 0) is 0 Å². The Hall–Kier alpha value is -0.740. The number of rotatable bonds is 2. The van der Waals surface area contributed by atoms with E-state index in [1.54, 1.807) is 0 Å². The largest absolute Gasteiger partial charge is 0.389 e. The summed E-state index contributed by atoms with van der Waals surface area (Å²) >= 11 is 0. The van der Waals surface area contributed by atoms with Crippen molar-refractivity contribution in [2.24, 2.45) is 0 Å². The standard InChI is InChI=1S/C10H14O/c1-2-3-4-5-9-6-7-10(11)8-9/h8,10-11H,4-7H2,1H3. The number of aliphatic hydroxyl groups excluding tert-OH is 1. The molecule has 0 saturated heterocycles. The molecule has 0 bridgehead atoms. The van der Waals surface area contributed by atoms with Gasteiger partial charge in [-0.2, -0.15) is 0 Å². The molecule has 1 aliphatic carbocycles. The summed E-state index contributed by atoms with van der Waals surface area (Å²) in [5.41, 5.74) is 1.38. The fraction of sp³-hybridized carbons (Fsp3) is 0.600. The zero-order valence-electron chi connectivity index (χ0n) is 6.93. The van der Waals surface area contributed by atoms with Crippen molar-refractivity contribution in [3.8, 4) is 11.8 Å². The lowest BCUT2D eigenvalue weighted by molar-refractivity contribution is 0.223. The van der Waals surface area contributed by atoms with Crippen LogP contribution in [-0.4, -0.2) is 11.2 Å². The molecular formula is C10H14O. The van der Waals surface area contributed by atoms with E-state index in [4.69, 9.17) is 5.11 Å². The third-order valence-corrected chi connectivity index (χ3v) is 1.94. The molecule has 0 aromatic carbocycles. The second-order valence-electron chi connectivity index (χ2n) is 2.86. The van der Waals surface area contributed by atoms with Crippen molar-refractivity contribution in [2.45, 2.75) is 38.7 Å². The van der Waals surface area contributed by atoms with Gasteiger partial charge in [-0.25, -0.2) is 0 Å². The molecule has 1 aliphatic rings. The van der Waals surface area contributed by atoms with E-state index in [1.165, 1.54) is 5.57 Å². The average molecular weight is 150 g/mol. The minimum Gasteiger partial charge on any atom is -0.389 e. The van der Waals surface area contributed by atoms with Crippen LogP contribution in [0, 0.1) is 11.8 Å². The van der Waals surface area contributed by atoms with E-state index in [2.05, 4.69) is 11.8 Å². The highest BCUT2D eigenvalue weighted by Gasteiger charge is 2.11.